The maximum atomic E-state index is 13.4. The van der Waals surface area contributed by atoms with Crippen molar-refractivity contribution >= 4 is 17.5 Å². The maximum absolute atomic E-state index is 13.4. The molecule has 0 bridgehead atoms. The number of likely N-dealkylation sites (N-methyl/N-ethyl adjacent to an activating group) is 1. The number of anilines is 1. The fourth-order valence-electron chi connectivity index (χ4n) is 3.68. The van der Waals surface area contributed by atoms with E-state index in [9.17, 15) is 14.0 Å². The van der Waals surface area contributed by atoms with Gasteiger partial charge < -0.3 is 14.7 Å². The van der Waals surface area contributed by atoms with Crippen molar-refractivity contribution in [3.63, 3.8) is 0 Å². The standard InChI is InChI=1S/C18H24FN3O2/c1-20(2)16(23)13-22-11-8-18(17(22)24)6-9-21(10-7-18)15-5-3-4-14(19)12-15/h3-5,12H,6-11,13H2,1-2H3. The normalized spacial score (nSPS) is 19.9. The third-order valence-corrected chi connectivity index (χ3v) is 5.32. The summed E-state index contributed by atoms with van der Waals surface area (Å²) < 4.78 is 13.4. The number of nitrogens with zero attached hydrogens (tertiary/aromatic N) is 3. The minimum absolute atomic E-state index is 0.0439. The second-order valence-corrected chi connectivity index (χ2v) is 7.01. The number of halogens is 1. The number of amides is 2. The molecule has 0 atom stereocenters. The van der Waals surface area contributed by atoms with Crippen LogP contribution in [0.2, 0.25) is 0 Å². The smallest absolute Gasteiger partial charge is 0.241 e. The summed E-state index contributed by atoms with van der Waals surface area (Å²) in [6.45, 7) is 2.30. The number of hydrogen-bond acceptors (Lipinski definition) is 3. The zero-order chi connectivity index (χ0) is 17.3. The van der Waals surface area contributed by atoms with Crippen molar-refractivity contribution in [3.8, 4) is 0 Å². The van der Waals surface area contributed by atoms with Gasteiger partial charge in [0.1, 0.15) is 5.82 Å². The molecule has 2 aliphatic rings. The Morgan fingerprint density at radius 3 is 2.50 bits per heavy atom. The molecule has 24 heavy (non-hydrogen) atoms. The van der Waals surface area contributed by atoms with E-state index in [1.807, 2.05) is 6.07 Å². The molecule has 2 amide bonds. The first-order valence-electron chi connectivity index (χ1n) is 8.41. The quantitative estimate of drug-likeness (QED) is 0.846. The minimum Gasteiger partial charge on any atom is -0.371 e. The third kappa shape index (κ3) is 3.09. The lowest BCUT2D eigenvalue weighted by Crippen LogP contribution is -2.46. The van der Waals surface area contributed by atoms with E-state index in [0.717, 1.165) is 38.0 Å². The summed E-state index contributed by atoms with van der Waals surface area (Å²) >= 11 is 0. The Morgan fingerprint density at radius 2 is 1.88 bits per heavy atom. The van der Waals surface area contributed by atoms with E-state index < -0.39 is 0 Å². The fraction of sp³-hybridized carbons (Fsp3) is 0.556. The largest absolute Gasteiger partial charge is 0.371 e. The maximum Gasteiger partial charge on any atom is 0.241 e. The van der Waals surface area contributed by atoms with Gasteiger partial charge in [0.15, 0.2) is 0 Å². The van der Waals surface area contributed by atoms with Crippen LogP contribution in [-0.2, 0) is 9.59 Å². The molecule has 0 aliphatic carbocycles. The van der Waals surface area contributed by atoms with E-state index >= 15 is 0 Å². The second-order valence-electron chi connectivity index (χ2n) is 7.01. The van der Waals surface area contributed by atoms with Crippen LogP contribution in [0.1, 0.15) is 19.3 Å². The zero-order valence-electron chi connectivity index (χ0n) is 14.3. The Morgan fingerprint density at radius 1 is 1.21 bits per heavy atom. The average Bonchev–Trinajstić information content (AvgIpc) is 2.85. The molecule has 2 fully saturated rings. The van der Waals surface area contributed by atoms with Crippen LogP contribution in [0.3, 0.4) is 0 Å². The molecule has 0 saturated carbocycles. The number of piperidine rings is 1. The van der Waals surface area contributed by atoms with E-state index in [1.54, 1.807) is 25.1 Å². The lowest BCUT2D eigenvalue weighted by molar-refractivity contribution is -0.142. The van der Waals surface area contributed by atoms with Crippen LogP contribution in [0.4, 0.5) is 10.1 Å². The minimum atomic E-state index is -0.337. The molecule has 2 aliphatic heterocycles. The Labute approximate surface area is 142 Å². The molecular formula is C18H24FN3O2. The van der Waals surface area contributed by atoms with Crippen LogP contribution in [-0.4, -0.2) is 61.9 Å². The van der Waals surface area contributed by atoms with Crippen molar-refractivity contribution < 1.29 is 14.0 Å². The first-order valence-corrected chi connectivity index (χ1v) is 8.41. The van der Waals surface area contributed by atoms with Gasteiger partial charge in [0.05, 0.1) is 12.0 Å². The molecular weight excluding hydrogens is 309 g/mol. The van der Waals surface area contributed by atoms with Gasteiger partial charge in [0, 0.05) is 39.4 Å². The highest BCUT2D eigenvalue weighted by atomic mass is 19.1. The number of carbonyl (C=O) groups is 2. The molecule has 2 saturated heterocycles. The Kier molecular flexibility index (Phi) is 4.47. The van der Waals surface area contributed by atoms with E-state index in [2.05, 4.69) is 4.90 Å². The van der Waals surface area contributed by atoms with Gasteiger partial charge in [0.25, 0.3) is 0 Å². The molecule has 1 spiro atoms. The summed E-state index contributed by atoms with van der Waals surface area (Å²) in [6, 6.07) is 6.59. The van der Waals surface area contributed by atoms with E-state index in [4.69, 9.17) is 0 Å². The number of benzene rings is 1. The molecule has 0 aromatic heterocycles. The molecule has 1 aromatic carbocycles. The van der Waals surface area contributed by atoms with Crippen LogP contribution < -0.4 is 4.90 Å². The van der Waals surface area contributed by atoms with E-state index in [1.165, 1.54) is 17.0 Å². The van der Waals surface area contributed by atoms with Crippen LogP contribution in [0.15, 0.2) is 24.3 Å². The molecule has 1 aromatic rings. The predicted octanol–water partition coefficient (Wildman–Crippen LogP) is 1.73. The molecule has 130 valence electrons. The molecule has 5 nitrogen and oxygen atoms in total. The average molecular weight is 333 g/mol. The van der Waals surface area contributed by atoms with Gasteiger partial charge in [-0.2, -0.15) is 0 Å². The van der Waals surface area contributed by atoms with Crippen molar-refractivity contribution in [2.45, 2.75) is 19.3 Å². The van der Waals surface area contributed by atoms with E-state index in [0.29, 0.717) is 6.54 Å². The van der Waals surface area contributed by atoms with E-state index in [-0.39, 0.29) is 29.6 Å². The highest BCUT2D eigenvalue weighted by molar-refractivity contribution is 5.89. The van der Waals surface area contributed by atoms with Crippen molar-refractivity contribution in [1.82, 2.24) is 9.80 Å². The van der Waals surface area contributed by atoms with Gasteiger partial charge in [-0.1, -0.05) is 6.07 Å². The molecule has 6 heteroatoms. The van der Waals surface area contributed by atoms with Gasteiger partial charge >= 0.3 is 0 Å². The molecule has 2 heterocycles. The topological polar surface area (TPSA) is 43.9 Å². The van der Waals surface area contributed by atoms with Crippen molar-refractivity contribution in [2.24, 2.45) is 5.41 Å². The lowest BCUT2D eigenvalue weighted by Gasteiger charge is -2.39. The Balaban J connectivity index is 1.63. The van der Waals surface area contributed by atoms with Crippen LogP contribution in [0.25, 0.3) is 0 Å². The van der Waals surface area contributed by atoms with Gasteiger partial charge in [-0.25, -0.2) is 4.39 Å². The number of carbonyl (C=O) groups excluding carboxylic acids is 2. The van der Waals surface area contributed by atoms with Gasteiger partial charge in [-0.15, -0.1) is 0 Å². The second kappa shape index (κ2) is 6.42. The number of rotatable bonds is 3. The van der Waals surface area contributed by atoms with Crippen molar-refractivity contribution in [2.75, 3.05) is 45.2 Å². The summed E-state index contributed by atoms with van der Waals surface area (Å²) in [5.41, 5.74) is 0.533. The first kappa shape index (κ1) is 16.7. The molecule has 3 rings (SSSR count). The summed E-state index contributed by atoms with van der Waals surface area (Å²) in [5, 5.41) is 0. The predicted molar refractivity (Wildman–Crippen MR) is 90.2 cm³/mol. The van der Waals surface area contributed by atoms with Gasteiger partial charge in [0.2, 0.25) is 11.8 Å². The van der Waals surface area contributed by atoms with Gasteiger partial charge in [-0.05, 0) is 37.5 Å². The number of hydrogen-bond donors (Lipinski definition) is 0. The van der Waals surface area contributed by atoms with Crippen LogP contribution in [0, 0.1) is 11.2 Å². The monoisotopic (exact) mass is 333 g/mol. The summed E-state index contributed by atoms with van der Waals surface area (Å²) in [6.07, 6.45) is 2.33. The molecule has 0 unspecified atom stereocenters. The first-order chi connectivity index (χ1) is 11.4. The number of likely N-dealkylation sites (tertiary alicyclic amines) is 1. The highest BCUT2D eigenvalue weighted by Gasteiger charge is 2.48. The summed E-state index contributed by atoms with van der Waals surface area (Å²) in [5.74, 6) is -0.174. The Hall–Kier alpha value is -2.11. The summed E-state index contributed by atoms with van der Waals surface area (Å²) in [7, 11) is 3.41. The van der Waals surface area contributed by atoms with Crippen LogP contribution in [0.5, 0.6) is 0 Å². The summed E-state index contributed by atoms with van der Waals surface area (Å²) in [4.78, 5) is 30.0. The molecule has 0 radical (unpaired) electrons. The zero-order valence-corrected chi connectivity index (χ0v) is 14.3. The lowest BCUT2D eigenvalue weighted by atomic mass is 9.77. The van der Waals surface area contributed by atoms with Crippen molar-refractivity contribution in [3.05, 3.63) is 30.1 Å². The van der Waals surface area contributed by atoms with Gasteiger partial charge in [-0.3, -0.25) is 9.59 Å². The SMILES string of the molecule is CN(C)C(=O)CN1CCC2(CCN(c3cccc(F)c3)CC2)C1=O. The highest BCUT2D eigenvalue weighted by Crippen LogP contribution is 2.42. The Bertz CT molecular complexity index is 639. The van der Waals surface area contributed by atoms with Crippen LogP contribution >= 0.6 is 0 Å². The fourth-order valence-corrected chi connectivity index (χ4v) is 3.68. The van der Waals surface area contributed by atoms with Crippen molar-refractivity contribution in [1.29, 1.82) is 0 Å². The molecule has 0 N–H and O–H groups in total. The third-order valence-electron chi connectivity index (χ3n) is 5.32.